The number of pyridine rings is 1. The largest absolute Gasteiger partial charge is 0.478 e. The molecule has 2 fully saturated rings. The number of amides is 1. The van der Waals surface area contributed by atoms with E-state index >= 15 is 0 Å². The van der Waals surface area contributed by atoms with Crippen LogP contribution in [0.3, 0.4) is 0 Å². The van der Waals surface area contributed by atoms with Gasteiger partial charge in [-0.05, 0) is 111 Å². The van der Waals surface area contributed by atoms with Gasteiger partial charge in [0.1, 0.15) is 11.4 Å². The van der Waals surface area contributed by atoms with Gasteiger partial charge in [-0.25, -0.2) is 14.5 Å². The van der Waals surface area contributed by atoms with E-state index in [0.29, 0.717) is 24.5 Å². The van der Waals surface area contributed by atoms with E-state index in [1.165, 1.54) is 0 Å². The van der Waals surface area contributed by atoms with Crippen LogP contribution in [0.25, 0.3) is 0 Å². The summed E-state index contributed by atoms with van der Waals surface area (Å²) in [6, 6.07) is 6.09. The molecule has 44 heavy (non-hydrogen) atoms. The predicted molar refractivity (Wildman–Crippen MR) is 179 cm³/mol. The van der Waals surface area contributed by atoms with Gasteiger partial charge < -0.3 is 24.5 Å². The summed E-state index contributed by atoms with van der Waals surface area (Å²) in [6.45, 7) is 24.3. The van der Waals surface area contributed by atoms with Gasteiger partial charge in [0.25, 0.3) is 0 Å². The number of carbonyl (C=O) groups excluding carboxylic acids is 1. The van der Waals surface area contributed by atoms with Crippen molar-refractivity contribution in [1.82, 2.24) is 20.1 Å². The lowest BCUT2D eigenvalue weighted by Gasteiger charge is -2.38. The van der Waals surface area contributed by atoms with Crippen LogP contribution in [-0.4, -0.2) is 53.0 Å². The third kappa shape index (κ3) is 9.22. The molecule has 0 unspecified atom stereocenters. The molecule has 0 aromatic carbocycles. The van der Waals surface area contributed by atoms with Crippen LogP contribution < -0.4 is 15.4 Å². The zero-order valence-electron chi connectivity index (χ0n) is 29.1. The predicted octanol–water partition coefficient (Wildman–Crippen LogP) is 8.65. The van der Waals surface area contributed by atoms with Crippen LogP contribution in [0.2, 0.25) is 18.1 Å². The van der Waals surface area contributed by atoms with Gasteiger partial charge in [0, 0.05) is 41.6 Å². The summed E-state index contributed by atoms with van der Waals surface area (Å²) in [6.07, 6.45) is 8.54. The summed E-state index contributed by atoms with van der Waals surface area (Å²) < 4.78 is 20.3. The van der Waals surface area contributed by atoms with E-state index in [1.54, 1.807) is 6.20 Å². The zero-order chi connectivity index (χ0) is 32.6. The first-order valence-electron chi connectivity index (χ1n) is 16.4. The monoisotopic (exact) mass is 627 g/mol. The lowest BCUT2D eigenvalue weighted by molar-refractivity contribution is 0.0491. The number of rotatable bonds is 11. The highest BCUT2D eigenvalue weighted by Gasteiger charge is 2.44. The van der Waals surface area contributed by atoms with Crippen LogP contribution in [0, 0.1) is 0 Å². The highest BCUT2D eigenvalue weighted by Crippen LogP contribution is 2.43. The molecule has 0 bridgehead atoms. The Balaban J connectivity index is 1.34. The fraction of sp³-hybridized carbons (Fsp3) is 0.735. The third-order valence-electron chi connectivity index (χ3n) is 9.11. The molecule has 0 aliphatic heterocycles. The molecule has 2 atom stereocenters. The Bertz CT molecular complexity index is 1280. The minimum Gasteiger partial charge on any atom is -0.478 e. The van der Waals surface area contributed by atoms with Crippen LogP contribution in [-0.2, 0) is 14.7 Å². The van der Waals surface area contributed by atoms with Crippen molar-refractivity contribution < 1.29 is 18.7 Å². The van der Waals surface area contributed by atoms with Crippen molar-refractivity contribution in [3.8, 4) is 5.88 Å². The topological polar surface area (TPSA) is 99.5 Å². The Kier molecular flexibility index (Phi) is 9.86. The second-order valence-electron chi connectivity index (χ2n) is 16.4. The Labute approximate surface area is 266 Å². The summed E-state index contributed by atoms with van der Waals surface area (Å²) in [5, 5.41) is 12.0. The van der Waals surface area contributed by atoms with Crippen molar-refractivity contribution in [3.05, 3.63) is 30.1 Å². The van der Waals surface area contributed by atoms with Gasteiger partial charge >= 0.3 is 6.09 Å². The van der Waals surface area contributed by atoms with Crippen LogP contribution in [0.4, 0.5) is 16.3 Å². The maximum absolute atomic E-state index is 12.2. The standard InChI is InChI=1S/C34H57N5O4Si/c1-31(2,3)39-28(23-27(38-39)24-13-14-26(21-24)43-44(10,11)33(7,8)9)36-25-15-19-35-29(22-25)41-20-12-16-34(17-18-34)37-30(40)42-32(4,5)6/h15,19,22-24,26H,12-14,16-18,20-21H2,1-11H3,(H,35,36)(H,37,40)/t24-,26+/m0/s1. The smallest absolute Gasteiger partial charge is 0.408 e. The SMILES string of the molecule is CC(C)(C)OC(=O)NC1(CCCOc2cc(Nc3cc([C@H]4CC[C@@H](O[Si](C)(C)C(C)(C)C)C4)nn3C(C)(C)C)ccn2)CC1. The molecule has 2 N–H and O–H groups in total. The number of hydrogen-bond acceptors (Lipinski definition) is 7. The Morgan fingerprint density at radius 2 is 1.77 bits per heavy atom. The molecule has 2 aliphatic carbocycles. The second kappa shape index (κ2) is 12.7. The average molecular weight is 628 g/mol. The fourth-order valence-corrected chi connectivity index (χ4v) is 6.92. The van der Waals surface area contributed by atoms with E-state index in [2.05, 4.69) is 81.0 Å². The van der Waals surface area contributed by atoms with Crippen molar-refractivity contribution in [3.63, 3.8) is 0 Å². The molecule has 9 nitrogen and oxygen atoms in total. The Hall–Kier alpha value is -2.59. The normalized spacial score (nSPS) is 20.3. The van der Waals surface area contributed by atoms with Gasteiger partial charge in [-0.15, -0.1) is 0 Å². The quantitative estimate of drug-likeness (QED) is 0.190. The molecule has 2 saturated carbocycles. The second-order valence-corrected chi connectivity index (χ2v) is 21.2. The van der Waals surface area contributed by atoms with E-state index in [9.17, 15) is 4.79 Å². The van der Waals surface area contributed by atoms with Crippen molar-refractivity contribution in [2.45, 2.75) is 154 Å². The lowest BCUT2D eigenvalue weighted by Crippen LogP contribution is -2.43. The summed E-state index contributed by atoms with van der Waals surface area (Å²) >= 11 is 0. The van der Waals surface area contributed by atoms with Crippen molar-refractivity contribution in [2.24, 2.45) is 0 Å². The van der Waals surface area contributed by atoms with Gasteiger partial charge in [0.05, 0.1) is 17.8 Å². The number of anilines is 2. The number of nitrogens with zero attached hydrogens (tertiary/aromatic N) is 3. The number of carbonyl (C=O) groups is 1. The van der Waals surface area contributed by atoms with E-state index in [-0.39, 0.29) is 22.2 Å². The van der Waals surface area contributed by atoms with Crippen LogP contribution in [0.5, 0.6) is 5.88 Å². The van der Waals surface area contributed by atoms with Crippen LogP contribution in [0.1, 0.15) is 119 Å². The maximum atomic E-state index is 12.2. The molecule has 246 valence electrons. The number of hydrogen-bond donors (Lipinski definition) is 2. The zero-order valence-corrected chi connectivity index (χ0v) is 30.1. The summed E-state index contributed by atoms with van der Waals surface area (Å²) in [4.78, 5) is 16.7. The highest BCUT2D eigenvalue weighted by atomic mass is 28.4. The minimum absolute atomic E-state index is 0.165. The average Bonchev–Trinajstić information content (AvgIpc) is 3.25. The molecule has 2 aromatic rings. The number of ether oxygens (including phenoxy) is 2. The van der Waals surface area contributed by atoms with Gasteiger partial charge in [-0.3, -0.25) is 0 Å². The summed E-state index contributed by atoms with van der Waals surface area (Å²) in [5.41, 5.74) is 1.18. The lowest BCUT2D eigenvalue weighted by atomic mass is 10.0. The summed E-state index contributed by atoms with van der Waals surface area (Å²) in [7, 11) is -1.80. The van der Waals surface area contributed by atoms with Gasteiger partial charge in [0.15, 0.2) is 8.32 Å². The Morgan fingerprint density at radius 3 is 2.39 bits per heavy atom. The van der Waals surface area contributed by atoms with Crippen LogP contribution >= 0.6 is 0 Å². The number of alkyl carbamates (subject to hydrolysis) is 1. The first-order valence-corrected chi connectivity index (χ1v) is 19.3. The summed E-state index contributed by atoms with van der Waals surface area (Å²) in [5.74, 6) is 1.93. The van der Waals surface area contributed by atoms with Crippen molar-refractivity contribution in [1.29, 1.82) is 0 Å². The molecule has 2 aromatic heterocycles. The molecule has 2 aliphatic rings. The van der Waals surface area contributed by atoms with Crippen LogP contribution in [0.15, 0.2) is 24.4 Å². The van der Waals surface area contributed by atoms with E-state index < -0.39 is 13.9 Å². The third-order valence-corrected chi connectivity index (χ3v) is 13.6. The molecule has 4 rings (SSSR count). The molecule has 1 amide bonds. The molecule has 0 spiro atoms. The molecular weight excluding hydrogens is 570 g/mol. The fourth-order valence-electron chi connectivity index (χ4n) is 5.52. The highest BCUT2D eigenvalue weighted by molar-refractivity contribution is 6.74. The molecule has 10 heteroatoms. The van der Waals surface area contributed by atoms with Gasteiger partial charge in [-0.2, -0.15) is 5.10 Å². The minimum atomic E-state index is -1.80. The maximum Gasteiger partial charge on any atom is 0.408 e. The first-order chi connectivity index (χ1) is 20.3. The van der Waals surface area contributed by atoms with E-state index in [4.69, 9.17) is 19.0 Å². The number of nitrogens with one attached hydrogen (secondary N) is 2. The van der Waals surface area contributed by atoms with E-state index in [0.717, 1.165) is 62.1 Å². The van der Waals surface area contributed by atoms with Crippen molar-refractivity contribution >= 4 is 25.9 Å². The van der Waals surface area contributed by atoms with Gasteiger partial charge in [0.2, 0.25) is 5.88 Å². The molecule has 2 heterocycles. The number of aromatic nitrogens is 3. The van der Waals surface area contributed by atoms with E-state index in [1.807, 2.05) is 32.9 Å². The molecule has 0 saturated heterocycles. The van der Waals surface area contributed by atoms with Gasteiger partial charge in [-0.1, -0.05) is 20.8 Å². The Morgan fingerprint density at radius 1 is 1.07 bits per heavy atom. The first kappa shape index (κ1) is 34.3. The van der Waals surface area contributed by atoms with Crippen molar-refractivity contribution in [2.75, 3.05) is 11.9 Å². The molecule has 0 radical (unpaired) electrons. The molecular formula is C34H57N5O4Si.